The van der Waals surface area contributed by atoms with E-state index in [-0.39, 0.29) is 18.5 Å². The van der Waals surface area contributed by atoms with E-state index < -0.39 is 0 Å². The molecular weight excluding hydrogens is 380 g/mol. The molecule has 26 heavy (non-hydrogen) atoms. The van der Waals surface area contributed by atoms with Crippen molar-refractivity contribution in [3.8, 4) is 5.75 Å². The summed E-state index contributed by atoms with van der Waals surface area (Å²) in [7, 11) is 0. The molecule has 8 heteroatoms. The maximum atomic E-state index is 12.9. The Bertz CT molecular complexity index is 871. The van der Waals surface area contributed by atoms with Gasteiger partial charge in [0.25, 0.3) is 0 Å². The maximum absolute atomic E-state index is 12.9. The van der Waals surface area contributed by atoms with Crippen LogP contribution in [0, 0.1) is 5.82 Å². The number of ether oxygens (including phenoxy) is 1. The van der Waals surface area contributed by atoms with Crippen molar-refractivity contribution < 1.29 is 13.7 Å². The lowest BCUT2D eigenvalue weighted by Gasteiger charge is -2.14. The molecule has 1 unspecified atom stereocenters. The molecule has 0 saturated carbocycles. The predicted molar refractivity (Wildman–Crippen MR) is 96.7 cm³/mol. The first-order valence-corrected chi connectivity index (χ1v) is 8.65. The lowest BCUT2D eigenvalue weighted by atomic mass is 10.1. The topological polar surface area (TPSA) is 60.2 Å². The number of hydrogen-bond donors (Lipinski definition) is 1. The highest BCUT2D eigenvalue weighted by Crippen LogP contribution is 2.26. The van der Waals surface area contributed by atoms with Crippen LogP contribution in [0.5, 0.6) is 5.75 Å². The quantitative estimate of drug-likeness (QED) is 0.613. The summed E-state index contributed by atoms with van der Waals surface area (Å²) in [6.45, 7) is 2.49. The van der Waals surface area contributed by atoms with Crippen molar-refractivity contribution in [1.82, 2.24) is 15.5 Å². The van der Waals surface area contributed by atoms with Gasteiger partial charge >= 0.3 is 0 Å². The third-order valence-electron chi connectivity index (χ3n) is 3.68. The van der Waals surface area contributed by atoms with Crippen molar-refractivity contribution in [1.29, 1.82) is 0 Å². The SMILES string of the molecule is CC(NCc1nc(COc2ccc(F)cc2)no1)c1ccc(Cl)cc1Cl. The van der Waals surface area contributed by atoms with Crippen molar-refractivity contribution in [2.24, 2.45) is 0 Å². The van der Waals surface area contributed by atoms with Gasteiger partial charge in [0.1, 0.15) is 11.6 Å². The summed E-state index contributed by atoms with van der Waals surface area (Å²) in [6.07, 6.45) is 0. The van der Waals surface area contributed by atoms with Gasteiger partial charge in [-0.25, -0.2) is 4.39 Å². The van der Waals surface area contributed by atoms with Crippen LogP contribution >= 0.6 is 23.2 Å². The van der Waals surface area contributed by atoms with Gasteiger partial charge in [0.2, 0.25) is 11.7 Å². The van der Waals surface area contributed by atoms with Crippen molar-refractivity contribution in [3.63, 3.8) is 0 Å². The maximum Gasteiger partial charge on any atom is 0.240 e. The first-order valence-electron chi connectivity index (χ1n) is 7.89. The molecule has 0 aliphatic carbocycles. The molecule has 1 atom stereocenters. The highest BCUT2D eigenvalue weighted by Gasteiger charge is 2.12. The van der Waals surface area contributed by atoms with Crippen LogP contribution in [-0.2, 0) is 13.2 Å². The fraction of sp³-hybridized carbons (Fsp3) is 0.222. The number of hydrogen-bond acceptors (Lipinski definition) is 5. The normalized spacial score (nSPS) is 12.2. The number of nitrogens with zero attached hydrogens (tertiary/aromatic N) is 2. The van der Waals surface area contributed by atoms with Gasteiger partial charge in [-0.1, -0.05) is 34.4 Å². The van der Waals surface area contributed by atoms with Gasteiger partial charge in [0, 0.05) is 16.1 Å². The van der Waals surface area contributed by atoms with E-state index in [0.717, 1.165) is 5.56 Å². The van der Waals surface area contributed by atoms with Crippen LogP contribution in [0.1, 0.15) is 30.2 Å². The highest BCUT2D eigenvalue weighted by atomic mass is 35.5. The largest absolute Gasteiger partial charge is 0.485 e. The second-order valence-corrected chi connectivity index (χ2v) is 6.46. The zero-order valence-electron chi connectivity index (χ0n) is 13.9. The Morgan fingerprint density at radius 1 is 1.19 bits per heavy atom. The molecule has 1 heterocycles. The van der Waals surface area contributed by atoms with Gasteiger partial charge in [0.15, 0.2) is 6.61 Å². The number of halogens is 3. The Morgan fingerprint density at radius 2 is 1.96 bits per heavy atom. The van der Waals surface area contributed by atoms with E-state index in [9.17, 15) is 4.39 Å². The van der Waals surface area contributed by atoms with Gasteiger partial charge in [0.05, 0.1) is 6.54 Å². The summed E-state index contributed by atoms with van der Waals surface area (Å²) in [5.74, 6) is 1.05. The van der Waals surface area contributed by atoms with Crippen LogP contribution in [0.25, 0.3) is 0 Å². The van der Waals surface area contributed by atoms with Crippen molar-refractivity contribution in [3.05, 3.63) is 75.6 Å². The molecule has 136 valence electrons. The summed E-state index contributed by atoms with van der Waals surface area (Å²) < 4.78 is 23.5. The molecule has 2 aromatic carbocycles. The van der Waals surface area contributed by atoms with E-state index in [1.807, 2.05) is 13.0 Å². The average Bonchev–Trinajstić information content (AvgIpc) is 3.07. The van der Waals surface area contributed by atoms with Crippen molar-refractivity contribution in [2.45, 2.75) is 26.1 Å². The molecule has 3 aromatic rings. The zero-order valence-corrected chi connectivity index (χ0v) is 15.4. The molecule has 5 nitrogen and oxygen atoms in total. The molecule has 3 rings (SSSR count). The fourth-order valence-corrected chi connectivity index (χ4v) is 2.87. The molecule has 1 aromatic heterocycles. The minimum Gasteiger partial charge on any atom is -0.485 e. The van der Waals surface area contributed by atoms with Gasteiger partial charge in [-0.05, 0) is 48.9 Å². The van der Waals surface area contributed by atoms with E-state index >= 15 is 0 Å². The van der Waals surface area contributed by atoms with Crippen molar-refractivity contribution in [2.75, 3.05) is 0 Å². The first-order chi connectivity index (χ1) is 12.5. The zero-order chi connectivity index (χ0) is 18.5. The number of rotatable bonds is 7. The van der Waals surface area contributed by atoms with Crippen LogP contribution < -0.4 is 10.1 Å². The Morgan fingerprint density at radius 3 is 2.69 bits per heavy atom. The highest BCUT2D eigenvalue weighted by molar-refractivity contribution is 6.35. The number of nitrogens with one attached hydrogen (secondary N) is 1. The Balaban J connectivity index is 1.52. The van der Waals surface area contributed by atoms with Crippen LogP contribution in [0.4, 0.5) is 4.39 Å². The molecule has 0 spiro atoms. The van der Waals surface area contributed by atoms with E-state index in [2.05, 4.69) is 15.5 Å². The number of benzene rings is 2. The molecule has 0 aliphatic rings. The molecule has 0 bridgehead atoms. The Hall–Kier alpha value is -2.15. The molecular formula is C18H16Cl2FN3O2. The van der Waals surface area contributed by atoms with Gasteiger partial charge in [-0.15, -0.1) is 0 Å². The number of aromatic nitrogens is 2. The van der Waals surface area contributed by atoms with Crippen LogP contribution in [0.15, 0.2) is 47.0 Å². The third-order valence-corrected chi connectivity index (χ3v) is 4.24. The molecule has 0 radical (unpaired) electrons. The third kappa shape index (κ3) is 4.94. The molecule has 0 fully saturated rings. The van der Waals surface area contributed by atoms with E-state index in [1.54, 1.807) is 12.1 Å². The van der Waals surface area contributed by atoms with Crippen molar-refractivity contribution >= 4 is 23.2 Å². The van der Waals surface area contributed by atoms with E-state index in [4.69, 9.17) is 32.5 Å². The summed E-state index contributed by atoms with van der Waals surface area (Å²) in [5, 5.41) is 8.31. The second kappa shape index (κ2) is 8.49. The van der Waals surface area contributed by atoms with Crippen LogP contribution in [-0.4, -0.2) is 10.1 Å². The smallest absolute Gasteiger partial charge is 0.240 e. The monoisotopic (exact) mass is 395 g/mol. The first kappa shape index (κ1) is 18.6. The van der Waals surface area contributed by atoms with E-state index in [0.29, 0.717) is 34.1 Å². The molecule has 0 amide bonds. The molecule has 0 saturated heterocycles. The van der Waals surface area contributed by atoms with Gasteiger partial charge in [-0.2, -0.15) is 4.98 Å². The van der Waals surface area contributed by atoms with E-state index in [1.165, 1.54) is 24.3 Å². The summed E-state index contributed by atoms with van der Waals surface area (Å²) in [6, 6.07) is 11.1. The predicted octanol–water partition coefficient (Wildman–Crippen LogP) is 4.95. The summed E-state index contributed by atoms with van der Waals surface area (Å²) in [4.78, 5) is 4.25. The van der Waals surface area contributed by atoms with Gasteiger partial charge < -0.3 is 14.6 Å². The fourth-order valence-electron chi connectivity index (χ4n) is 2.30. The Labute approximate surface area is 160 Å². The second-order valence-electron chi connectivity index (χ2n) is 5.62. The van der Waals surface area contributed by atoms with Crippen LogP contribution in [0.3, 0.4) is 0 Å². The van der Waals surface area contributed by atoms with Gasteiger partial charge in [-0.3, -0.25) is 0 Å². The minimum atomic E-state index is -0.319. The minimum absolute atomic E-state index is 0.0226. The molecule has 0 aliphatic heterocycles. The standard InChI is InChI=1S/C18H16Cl2FN3O2/c1-11(15-7-2-12(19)8-16(15)20)22-9-18-23-17(24-26-18)10-25-14-5-3-13(21)4-6-14/h2-8,11,22H,9-10H2,1H3. The summed E-state index contributed by atoms with van der Waals surface area (Å²) in [5.41, 5.74) is 0.926. The summed E-state index contributed by atoms with van der Waals surface area (Å²) >= 11 is 12.1. The molecule has 1 N–H and O–H groups in total. The Kier molecular flexibility index (Phi) is 6.08. The average molecular weight is 396 g/mol. The lowest BCUT2D eigenvalue weighted by molar-refractivity contribution is 0.284. The lowest BCUT2D eigenvalue weighted by Crippen LogP contribution is -2.18. The van der Waals surface area contributed by atoms with Crippen LogP contribution in [0.2, 0.25) is 10.0 Å².